The van der Waals surface area contributed by atoms with Gasteiger partial charge < -0.3 is 36.3 Å². The second-order valence-electron chi connectivity index (χ2n) is 20.5. The number of fused-ring (bicyclic) bond motifs is 2. The third kappa shape index (κ3) is 13.1. The van der Waals surface area contributed by atoms with Crippen molar-refractivity contribution >= 4 is 68.5 Å². The maximum absolute atomic E-state index is 14.0. The number of thiazole rings is 1. The molecular formula is C54H69N11O6S. The summed E-state index contributed by atoms with van der Waals surface area (Å²) in [6.45, 7) is 12.9. The fourth-order valence-electron chi connectivity index (χ4n) is 9.75. The van der Waals surface area contributed by atoms with Crippen molar-refractivity contribution < 1.29 is 29.1 Å². The number of nitrogens with zero attached hydrogens (tertiary/aromatic N) is 6. The molecule has 17 nitrogen and oxygen atoms in total. The number of imidazole rings is 1. The zero-order chi connectivity index (χ0) is 50.9. The summed E-state index contributed by atoms with van der Waals surface area (Å²) in [5, 5.41) is 27.8. The first-order valence-corrected chi connectivity index (χ1v) is 26.3. The van der Waals surface area contributed by atoms with E-state index in [1.807, 2.05) is 92.5 Å². The van der Waals surface area contributed by atoms with Crippen LogP contribution < -0.4 is 21.3 Å². The van der Waals surface area contributed by atoms with Crippen LogP contribution in [0.1, 0.15) is 119 Å². The van der Waals surface area contributed by atoms with E-state index in [9.17, 15) is 29.1 Å². The highest BCUT2D eigenvalue weighted by molar-refractivity contribution is 7.13. The van der Waals surface area contributed by atoms with Crippen molar-refractivity contribution in [1.29, 1.82) is 0 Å². The van der Waals surface area contributed by atoms with Gasteiger partial charge in [0.2, 0.25) is 23.6 Å². The number of hydrogen-bond acceptors (Lipinski definition) is 11. The number of aliphatic hydroxyl groups excluding tert-OH is 1. The first-order chi connectivity index (χ1) is 34.6. The third-order valence-electron chi connectivity index (χ3n) is 13.9. The molecule has 72 heavy (non-hydrogen) atoms. The van der Waals surface area contributed by atoms with E-state index in [0.29, 0.717) is 43.2 Å². The molecule has 0 aliphatic carbocycles. The van der Waals surface area contributed by atoms with E-state index in [1.54, 1.807) is 23.6 Å². The summed E-state index contributed by atoms with van der Waals surface area (Å²) in [4.78, 5) is 84.1. The van der Waals surface area contributed by atoms with Gasteiger partial charge in [-0.1, -0.05) is 64.3 Å². The second kappa shape index (κ2) is 23.4. The van der Waals surface area contributed by atoms with E-state index < -0.39 is 23.6 Å². The number of nitrogens with one attached hydrogen (secondary N) is 5. The van der Waals surface area contributed by atoms with Gasteiger partial charge in [0.05, 0.1) is 58.0 Å². The third-order valence-corrected chi connectivity index (χ3v) is 14.9. The quantitative estimate of drug-likeness (QED) is 0.0397. The highest BCUT2D eigenvalue weighted by Gasteiger charge is 2.44. The van der Waals surface area contributed by atoms with E-state index in [2.05, 4.69) is 48.2 Å². The smallest absolute Gasteiger partial charge is 0.255 e. The molecule has 0 radical (unpaired) electrons. The summed E-state index contributed by atoms with van der Waals surface area (Å²) in [6, 6.07) is 17.9. The Morgan fingerprint density at radius 1 is 0.931 bits per heavy atom. The Kier molecular flexibility index (Phi) is 16.8. The van der Waals surface area contributed by atoms with Gasteiger partial charge in [0.25, 0.3) is 5.91 Å². The molecule has 0 saturated carbocycles. The van der Waals surface area contributed by atoms with Crippen LogP contribution in [0.3, 0.4) is 0 Å². The van der Waals surface area contributed by atoms with Crippen molar-refractivity contribution in [3.8, 4) is 10.4 Å². The largest absolute Gasteiger partial charge is 0.391 e. The molecule has 2 aliphatic heterocycles. The van der Waals surface area contributed by atoms with Crippen molar-refractivity contribution in [2.75, 3.05) is 25.0 Å². The van der Waals surface area contributed by atoms with Crippen LogP contribution in [0.15, 0.2) is 72.4 Å². The van der Waals surface area contributed by atoms with Crippen LogP contribution in [0, 0.1) is 12.3 Å². The molecule has 2 aliphatic rings. The monoisotopic (exact) mass is 1000 g/mol. The lowest BCUT2D eigenvalue weighted by Crippen LogP contribution is -2.57. The number of likely N-dealkylation sites (tertiary alicyclic amines) is 2. The van der Waals surface area contributed by atoms with Crippen LogP contribution in [0.4, 0.5) is 5.69 Å². The number of β-amino-alcohol motifs (C(OH)–C–C–N with tert-alkyl or cyclic N) is 1. The maximum Gasteiger partial charge on any atom is 0.255 e. The van der Waals surface area contributed by atoms with Crippen LogP contribution in [-0.4, -0.2) is 113 Å². The summed E-state index contributed by atoms with van der Waals surface area (Å²) < 4.78 is 1.82. The number of carbonyl (C=O) groups excluding carboxylic acids is 5. The molecule has 8 rings (SSSR count). The van der Waals surface area contributed by atoms with E-state index in [-0.39, 0.29) is 55.5 Å². The second-order valence-corrected chi connectivity index (χ2v) is 21.4. The highest BCUT2D eigenvalue weighted by Crippen LogP contribution is 2.29. The summed E-state index contributed by atoms with van der Waals surface area (Å²) in [5.74, 6) is -0.311. The van der Waals surface area contributed by atoms with Crippen LogP contribution >= 0.6 is 11.3 Å². The van der Waals surface area contributed by atoms with Gasteiger partial charge >= 0.3 is 0 Å². The van der Waals surface area contributed by atoms with Gasteiger partial charge in [0.1, 0.15) is 17.9 Å². The van der Waals surface area contributed by atoms with Gasteiger partial charge in [0.15, 0.2) is 0 Å². The molecule has 3 aromatic heterocycles. The Balaban J connectivity index is 0.707. The molecule has 5 heterocycles. The molecular weight excluding hydrogens is 931 g/mol. The number of amides is 5. The predicted molar refractivity (Wildman–Crippen MR) is 280 cm³/mol. The molecule has 2 fully saturated rings. The van der Waals surface area contributed by atoms with Crippen LogP contribution in [-0.2, 0) is 38.8 Å². The van der Waals surface area contributed by atoms with Gasteiger partial charge in [-0.2, -0.15) is 5.10 Å². The Morgan fingerprint density at radius 3 is 2.42 bits per heavy atom. The van der Waals surface area contributed by atoms with Crippen LogP contribution in [0.5, 0.6) is 0 Å². The average Bonchev–Trinajstić information content (AvgIpc) is 4.21. The number of aromatic amines is 1. The molecule has 0 spiro atoms. The van der Waals surface area contributed by atoms with Gasteiger partial charge in [0, 0.05) is 61.6 Å². The number of rotatable bonds is 21. The van der Waals surface area contributed by atoms with E-state index in [0.717, 1.165) is 88.2 Å². The molecule has 0 unspecified atom stereocenters. The Labute approximate surface area is 424 Å². The SMILES string of the molecule is Cc1ncsc1-c1ccc(CNC(=O)[C@@H]2C[C@@H](O)CN2C(=O)[C@@H](NC(=O)CCCCCCCC(=O)NCCn2ncc3cc(C(=O)Nc4ccc5nc(CN6CCC[C@@H]6C)[nH]c5c4)ccc32)C(C)(C)C)cc1. The first kappa shape index (κ1) is 51.8. The van der Waals surface area contributed by atoms with Gasteiger partial charge in [-0.05, 0) is 99.0 Å². The number of H-pyrrole nitrogens is 1. The zero-order valence-electron chi connectivity index (χ0n) is 42.1. The number of hydrogen-bond donors (Lipinski definition) is 6. The average molecular weight is 1000 g/mol. The minimum absolute atomic E-state index is 0.0117. The van der Waals surface area contributed by atoms with Gasteiger partial charge in [-0.15, -0.1) is 11.3 Å². The molecule has 0 bridgehead atoms. The van der Waals surface area contributed by atoms with E-state index >= 15 is 0 Å². The summed E-state index contributed by atoms with van der Waals surface area (Å²) in [7, 11) is 0. The summed E-state index contributed by atoms with van der Waals surface area (Å²) in [6.07, 6.45) is 7.91. The molecule has 4 atom stereocenters. The summed E-state index contributed by atoms with van der Waals surface area (Å²) >= 11 is 1.58. The normalized spacial score (nSPS) is 17.6. The van der Waals surface area contributed by atoms with Gasteiger partial charge in [-0.25, -0.2) is 9.97 Å². The first-order valence-electron chi connectivity index (χ1n) is 25.4. The van der Waals surface area contributed by atoms with Crippen LogP contribution in [0.25, 0.3) is 32.4 Å². The predicted octanol–water partition coefficient (Wildman–Crippen LogP) is 7.24. The standard InChI is InChI=1S/C54H69N11O6S/c1-34-12-11-24-63(34)32-46-60-42-21-20-40(27-43(42)61-46)59-51(69)38-19-22-44-39(26-38)30-58-65(44)25-23-55-47(67)13-9-7-6-8-10-14-48(68)62-50(54(3,4)5)53(71)64-31-41(66)28-45(64)52(70)56-29-36-15-17-37(18-16-36)49-35(2)57-33-72-49/h15-22,26-27,30,33-34,41,45,50,66H,6-14,23-25,28-29,31-32H2,1-5H3,(H,55,67)(H,56,70)(H,59,69)(H,60,61)(H,62,68)/t34-,41+,45-,50+/m0/s1. The lowest BCUT2D eigenvalue weighted by Gasteiger charge is -2.35. The highest BCUT2D eigenvalue weighted by atomic mass is 32.1. The number of aliphatic hydroxyl groups is 1. The minimum atomic E-state index is -0.886. The zero-order valence-corrected chi connectivity index (χ0v) is 42.9. The van der Waals surface area contributed by atoms with Crippen molar-refractivity contribution in [3.63, 3.8) is 0 Å². The topological polar surface area (TPSA) is 220 Å². The fraction of sp³-hybridized carbons (Fsp3) is 0.481. The number of anilines is 1. The Hall–Kier alpha value is -6.50. The lowest BCUT2D eigenvalue weighted by atomic mass is 9.85. The fourth-order valence-corrected chi connectivity index (χ4v) is 10.6. The molecule has 382 valence electrons. The Morgan fingerprint density at radius 2 is 1.69 bits per heavy atom. The number of benzene rings is 3. The van der Waals surface area contributed by atoms with Crippen molar-refractivity contribution in [3.05, 3.63) is 95.0 Å². The lowest BCUT2D eigenvalue weighted by molar-refractivity contribution is -0.144. The molecule has 5 amide bonds. The molecule has 3 aromatic carbocycles. The molecule has 6 N–H and O–H groups in total. The van der Waals surface area contributed by atoms with Gasteiger partial charge in [-0.3, -0.25) is 33.6 Å². The number of carbonyl (C=O) groups is 5. The van der Waals surface area contributed by atoms with E-state index in [4.69, 9.17) is 4.98 Å². The molecule has 2 saturated heterocycles. The maximum atomic E-state index is 14.0. The number of unbranched alkanes of at least 4 members (excludes halogenated alkanes) is 4. The van der Waals surface area contributed by atoms with Crippen molar-refractivity contribution in [1.82, 2.24) is 50.5 Å². The number of aromatic nitrogens is 5. The molecule has 18 heteroatoms. The van der Waals surface area contributed by atoms with Crippen molar-refractivity contribution in [2.45, 2.75) is 143 Å². The minimum Gasteiger partial charge on any atom is -0.391 e. The van der Waals surface area contributed by atoms with E-state index in [1.165, 1.54) is 17.7 Å². The van der Waals surface area contributed by atoms with Crippen LogP contribution in [0.2, 0.25) is 0 Å². The number of aryl methyl sites for hydroxylation is 1. The molecule has 6 aromatic rings. The summed E-state index contributed by atoms with van der Waals surface area (Å²) in [5.41, 5.74) is 7.92. The van der Waals surface area contributed by atoms with Crippen molar-refractivity contribution in [2.24, 2.45) is 5.41 Å². The Bertz CT molecular complexity index is 2870.